The second-order valence-corrected chi connectivity index (χ2v) is 8.24. The number of hydrogen-bond acceptors (Lipinski definition) is 5. The Labute approximate surface area is 195 Å². The maximum atomic E-state index is 13.6. The van der Waals surface area contributed by atoms with Crippen LogP contribution in [0, 0.1) is 17.5 Å². The second kappa shape index (κ2) is 8.99. The van der Waals surface area contributed by atoms with E-state index >= 15 is 0 Å². The molecule has 5 rings (SSSR count). The molecule has 0 amide bonds. The van der Waals surface area contributed by atoms with E-state index < -0.39 is 41.0 Å². The number of rotatable bonds is 6. The quantitative estimate of drug-likeness (QED) is 0.393. The molecule has 8 nitrogen and oxygen atoms in total. The Balaban J connectivity index is 1.66. The zero-order valence-electron chi connectivity index (χ0n) is 18.3. The van der Waals surface area contributed by atoms with Crippen LogP contribution in [-0.4, -0.2) is 37.2 Å². The van der Waals surface area contributed by atoms with Gasteiger partial charge < -0.3 is 9.30 Å². The SMILES string of the molecule is O=C(Cn1cnc2c1c(=O)n(CC1CCCO1)c(=O)n2-c1ccc(F)cc1)c1ccc(F)c(F)c1. The third-order valence-electron chi connectivity index (χ3n) is 5.95. The van der Waals surface area contributed by atoms with E-state index in [0.29, 0.717) is 13.0 Å². The van der Waals surface area contributed by atoms with Crippen molar-refractivity contribution >= 4 is 16.9 Å². The van der Waals surface area contributed by atoms with Crippen LogP contribution in [0.15, 0.2) is 58.4 Å². The topological polar surface area (TPSA) is 88.1 Å². The number of aromatic nitrogens is 4. The van der Waals surface area contributed by atoms with E-state index in [1.807, 2.05) is 0 Å². The fraction of sp³-hybridized carbons (Fsp3) is 0.250. The molecule has 1 aliphatic rings. The van der Waals surface area contributed by atoms with Crippen molar-refractivity contribution < 1.29 is 22.7 Å². The summed E-state index contributed by atoms with van der Waals surface area (Å²) in [5.74, 6) is -3.36. The van der Waals surface area contributed by atoms with Gasteiger partial charge in [-0.2, -0.15) is 0 Å². The highest BCUT2D eigenvalue weighted by Crippen LogP contribution is 2.17. The first kappa shape index (κ1) is 22.8. The second-order valence-electron chi connectivity index (χ2n) is 8.24. The Morgan fingerprint density at radius 1 is 1.06 bits per heavy atom. The largest absolute Gasteiger partial charge is 0.376 e. The van der Waals surface area contributed by atoms with Gasteiger partial charge in [0.25, 0.3) is 5.56 Å². The highest BCUT2D eigenvalue weighted by atomic mass is 19.2. The molecular formula is C24H19F3N4O4. The minimum absolute atomic E-state index is 0.00288. The van der Waals surface area contributed by atoms with Crippen LogP contribution in [-0.2, 0) is 17.8 Å². The van der Waals surface area contributed by atoms with Crippen LogP contribution in [0.3, 0.4) is 0 Å². The average molecular weight is 484 g/mol. The van der Waals surface area contributed by atoms with Crippen molar-refractivity contribution in [3.63, 3.8) is 0 Å². The minimum atomic E-state index is -1.17. The Kier molecular flexibility index (Phi) is 5.85. The van der Waals surface area contributed by atoms with Gasteiger partial charge in [0, 0.05) is 12.2 Å². The van der Waals surface area contributed by atoms with Gasteiger partial charge in [-0.1, -0.05) is 0 Å². The molecule has 0 saturated carbocycles. The molecule has 2 aromatic carbocycles. The maximum Gasteiger partial charge on any atom is 0.337 e. The number of fused-ring (bicyclic) bond motifs is 1. The number of ether oxygens (including phenoxy) is 1. The lowest BCUT2D eigenvalue weighted by Gasteiger charge is -2.15. The van der Waals surface area contributed by atoms with E-state index in [2.05, 4.69) is 4.98 Å². The van der Waals surface area contributed by atoms with Gasteiger partial charge >= 0.3 is 5.69 Å². The molecule has 3 heterocycles. The maximum absolute atomic E-state index is 13.6. The number of halogens is 3. The highest BCUT2D eigenvalue weighted by molar-refractivity contribution is 5.96. The first-order valence-electron chi connectivity index (χ1n) is 10.9. The van der Waals surface area contributed by atoms with E-state index in [1.165, 1.54) is 39.7 Å². The van der Waals surface area contributed by atoms with Gasteiger partial charge in [0.05, 0.1) is 31.2 Å². The summed E-state index contributed by atoms with van der Waals surface area (Å²) in [5.41, 5.74) is -1.22. The lowest BCUT2D eigenvalue weighted by atomic mass is 10.1. The highest BCUT2D eigenvalue weighted by Gasteiger charge is 2.24. The number of carbonyl (C=O) groups is 1. The summed E-state index contributed by atoms with van der Waals surface area (Å²) in [7, 11) is 0. The Morgan fingerprint density at radius 2 is 1.83 bits per heavy atom. The number of carbonyl (C=O) groups excluding carboxylic acids is 1. The number of ketones is 1. The lowest BCUT2D eigenvalue weighted by molar-refractivity contribution is 0.0947. The Morgan fingerprint density at radius 3 is 2.51 bits per heavy atom. The normalized spacial score (nSPS) is 15.7. The first-order valence-corrected chi connectivity index (χ1v) is 10.9. The van der Waals surface area contributed by atoms with Crippen LogP contribution in [0.4, 0.5) is 13.2 Å². The predicted molar refractivity (Wildman–Crippen MR) is 119 cm³/mol. The van der Waals surface area contributed by atoms with E-state index in [1.54, 1.807) is 0 Å². The smallest absolute Gasteiger partial charge is 0.337 e. The molecule has 2 aromatic heterocycles. The van der Waals surface area contributed by atoms with E-state index in [4.69, 9.17) is 4.74 Å². The van der Waals surface area contributed by atoms with Crippen LogP contribution >= 0.6 is 0 Å². The Bertz CT molecular complexity index is 1550. The summed E-state index contributed by atoms with van der Waals surface area (Å²) < 4.78 is 49.5. The summed E-state index contributed by atoms with van der Waals surface area (Å²) in [5, 5.41) is 0. The lowest BCUT2D eigenvalue weighted by Crippen LogP contribution is -2.42. The fourth-order valence-corrected chi connectivity index (χ4v) is 4.19. The predicted octanol–water partition coefficient (Wildman–Crippen LogP) is 2.83. The van der Waals surface area contributed by atoms with Crippen molar-refractivity contribution in [2.75, 3.05) is 6.61 Å². The molecule has 180 valence electrons. The van der Waals surface area contributed by atoms with Crippen molar-refractivity contribution in [1.82, 2.24) is 18.7 Å². The standard InChI is InChI=1S/C24H19F3N4O4/c25-15-4-6-16(7-5-15)31-22-21(23(33)30(24(31)34)11-17-2-1-9-35-17)29(13-28-22)12-20(32)14-3-8-18(26)19(27)10-14/h3-8,10,13,17H,1-2,9,11-12H2. The summed E-state index contributed by atoms with van der Waals surface area (Å²) in [4.78, 5) is 43.8. The molecule has 4 aromatic rings. The van der Waals surface area contributed by atoms with Crippen LogP contribution < -0.4 is 11.2 Å². The van der Waals surface area contributed by atoms with Gasteiger partial charge in [0.2, 0.25) is 0 Å². The van der Waals surface area contributed by atoms with Gasteiger partial charge in [0.1, 0.15) is 5.82 Å². The van der Waals surface area contributed by atoms with Crippen LogP contribution in [0.2, 0.25) is 0 Å². The van der Waals surface area contributed by atoms with Gasteiger partial charge in [0.15, 0.2) is 28.6 Å². The van der Waals surface area contributed by atoms with E-state index in [0.717, 1.165) is 29.2 Å². The molecule has 0 spiro atoms. The molecule has 1 unspecified atom stereocenters. The van der Waals surface area contributed by atoms with Crippen LogP contribution in [0.1, 0.15) is 23.2 Å². The third kappa shape index (κ3) is 4.18. The number of imidazole rings is 1. The molecule has 0 aliphatic carbocycles. The molecule has 1 atom stereocenters. The Hall–Kier alpha value is -3.99. The molecule has 0 N–H and O–H groups in total. The monoisotopic (exact) mass is 484 g/mol. The van der Waals surface area contributed by atoms with Crippen LogP contribution in [0.5, 0.6) is 0 Å². The van der Waals surface area contributed by atoms with Crippen LogP contribution in [0.25, 0.3) is 16.9 Å². The summed E-state index contributed by atoms with van der Waals surface area (Å²) in [6.07, 6.45) is 2.36. The zero-order chi connectivity index (χ0) is 24.7. The summed E-state index contributed by atoms with van der Waals surface area (Å²) in [6.45, 7) is 0.115. The third-order valence-corrected chi connectivity index (χ3v) is 5.95. The zero-order valence-corrected chi connectivity index (χ0v) is 18.3. The van der Waals surface area contributed by atoms with Gasteiger partial charge in [-0.05, 0) is 55.3 Å². The summed E-state index contributed by atoms with van der Waals surface area (Å²) >= 11 is 0. The van der Waals surface area contributed by atoms with Crippen molar-refractivity contribution in [1.29, 1.82) is 0 Å². The molecule has 0 radical (unpaired) electrons. The average Bonchev–Trinajstić information content (AvgIpc) is 3.50. The number of Topliss-reactive ketones (excluding diaryl/α,β-unsaturated/α-hetero) is 1. The van der Waals surface area contributed by atoms with Crippen molar-refractivity contribution in [2.24, 2.45) is 0 Å². The molecule has 0 bridgehead atoms. The van der Waals surface area contributed by atoms with Crippen molar-refractivity contribution in [3.8, 4) is 5.69 Å². The molecule has 1 fully saturated rings. The first-order chi connectivity index (χ1) is 16.8. The van der Waals surface area contributed by atoms with E-state index in [9.17, 15) is 27.6 Å². The van der Waals surface area contributed by atoms with Gasteiger partial charge in [-0.15, -0.1) is 0 Å². The molecule has 1 saturated heterocycles. The number of nitrogens with zero attached hydrogens (tertiary/aromatic N) is 4. The fourth-order valence-electron chi connectivity index (χ4n) is 4.19. The molecule has 35 heavy (non-hydrogen) atoms. The minimum Gasteiger partial charge on any atom is -0.376 e. The number of hydrogen-bond donors (Lipinski definition) is 0. The number of benzene rings is 2. The van der Waals surface area contributed by atoms with Crippen molar-refractivity contribution in [3.05, 3.63) is 92.6 Å². The summed E-state index contributed by atoms with van der Waals surface area (Å²) in [6, 6.07) is 7.87. The van der Waals surface area contributed by atoms with Gasteiger partial charge in [-0.3, -0.25) is 14.2 Å². The molecule has 11 heteroatoms. The molecule has 1 aliphatic heterocycles. The van der Waals surface area contributed by atoms with Gasteiger partial charge in [-0.25, -0.2) is 27.5 Å². The van der Waals surface area contributed by atoms with Crippen molar-refractivity contribution in [2.45, 2.75) is 32.0 Å². The molecular weight excluding hydrogens is 465 g/mol. The van der Waals surface area contributed by atoms with E-state index in [-0.39, 0.29) is 35.1 Å².